The topological polar surface area (TPSA) is 69.7 Å². The van der Waals surface area contributed by atoms with Crippen LogP contribution >= 0.6 is 23.4 Å². The van der Waals surface area contributed by atoms with Crippen LogP contribution in [0.1, 0.15) is 12.8 Å². The molecule has 2 heterocycles. The van der Waals surface area contributed by atoms with Gasteiger partial charge in [0.25, 0.3) is 5.91 Å². The van der Waals surface area contributed by atoms with Gasteiger partial charge in [-0.25, -0.2) is 0 Å². The lowest BCUT2D eigenvalue weighted by Gasteiger charge is -2.34. The molecule has 8 heteroatoms. The number of halogens is 1. The second kappa shape index (κ2) is 8.47. The highest BCUT2D eigenvalue weighted by Crippen LogP contribution is 2.40. The van der Waals surface area contributed by atoms with Crippen LogP contribution in [0.5, 0.6) is 0 Å². The van der Waals surface area contributed by atoms with Crippen LogP contribution in [0.2, 0.25) is 5.02 Å². The van der Waals surface area contributed by atoms with E-state index in [2.05, 4.69) is 5.32 Å². The summed E-state index contributed by atoms with van der Waals surface area (Å²) in [5.74, 6) is -0.881. The number of hydrogen-bond acceptors (Lipinski definition) is 4. The summed E-state index contributed by atoms with van der Waals surface area (Å²) in [5, 5.41) is 2.41. The Bertz CT molecular complexity index is 962. The van der Waals surface area contributed by atoms with Crippen molar-refractivity contribution < 1.29 is 14.4 Å². The predicted molar refractivity (Wildman–Crippen MR) is 114 cm³/mol. The summed E-state index contributed by atoms with van der Waals surface area (Å²) in [7, 11) is 0. The van der Waals surface area contributed by atoms with Gasteiger partial charge in [0, 0.05) is 28.7 Å². The largest absolute Gasteiger partial charge is 0.341 e. The highest BCUT2D eigenvalue weighted by atomic mass is 35.5. The third kappa shape index (κ3) is 4.26. The summed E-state index contributed by atoms with van der Waals surface area (Å²) in [6, 6.07) is 14.2. The number of anilines is 2. The monoisotopic (exact) mass is 429 g/mol. The van der Waals surface area contributed by atoms with Gasteiger partial charge in [0.15, 0.2) is 5.25 Å². The van der Waals surface area contributed by atoms with Crippen molar-refractivity contribution in [1.82, 2.24) is 4.90 Å². The Hall–Kier alpha value is -2.51. The van der Waals surface area contributed by atoms with Gasteiger partial charge in [-0.05, 0) is 43.2 Å². The first kappa shape index (κ1) is 19.8. The highest BCUT2D eigenvalue weighted by Gasteiger charge is 2.41. The van der Waals surface area contributed by atoms with Crippen LogP contribution in [0.4, 0.5) is 11.4 Å². The molecule has 2 aliphatic heterocycles. The van der Waals surface area contributed by atoms with Crippen molar-refractivity contribution >= 4 is 52.5 Å². The number of amides is 3. The van der Waals surface area contributed by atoms with E-state index in [0.29, 0.717) is 29.5 Å². The van der Waals surface area contributed by atoms with Crippen LogP contribution in [0.25, 0.3) is 0 Å². The summed E-state index contributed by atoms with van der Waals surface area (Å²) in [6.45, 7) is 1.19. The standard InChI is InChI=1S/C21H20ClN3O3S/c22-14-6-5-7-15(12-14)23-18(26)13-25-16-8-1-2-9-17(16)29-19(21(25)28)20(27)24-10-3-4-11-24/h1-2,5-9,12,19H,3-4,10-11,13H2,(H,23,26). The molecule has 0 radical (unpaired) electrons. The summed E-state index contributed by atoms with van der Waals surface area (Å²) >= 11 is 7.23. The minimum Gasteiger partial charge on any atom is -0.341 e. The molecule has 4 rings (SSSR count). The molecule has 6 nitrogen and oxygen atoms in total. The molecule has 1 atom stereocenters. The van der Waals surface area contributed by atoms with Crippen LogP contribution < -0.4 is 10.2 Å². The Morgan fingerprint density at radius 3 is 2.62 bits per heavy atom. The van der Waals surface area contributed by atoms with E-state index >= 15 is 0 Å². The van der Waals surface area contributed by atoms with Crippen molar-refractivity contribution in [2.45, 2.75) is 23.0 Å². The molecule has 0 saturated carbocycles. The zero-order valence-electron chi connectivity index (χ0n) is 15.6. The molecule has 3 amide bonds. The third-order valence-electron chi connectivity index (χ3n) is 4.94. The lowest BCUT2D eigenvalue weighted by atomic mass is 10.2. The number of para-hydroxylation sites is 1. The SMILES string of the molecule is O=C(CN1C(=O)C(C(=O)N2CCCC2)Sc2ccccc21)Nc1cccc(Cl)c1. The van der Waals surface area contributed by atoms with Crippen LogP contribution in [0.3, 0.4) is 0 Å². The Morgan fingerprint density at radius 2 is 1.86 bits per heavy atom. The number of thioether (sulfide) groups is 1. The zero-order chi connectivity index (χ0) is 20.4. The molecule has 1 N–H and O–H groups in total. The lowest BCUT2D eigenvalue weighted by Crippen LogP contribution is -2.51. The second-order valence-corrected chi connectivity index (χ2v) is 8.56. The van der Waals surface area contributed by atoms with Crippen LogP contribution in [0, 0.1) is 0 Å². The summed E-state index contributed by atoms with van der Waals surface area (Å²) in [6.07, 6.45) is 1.92. The van der Waals surface area contributed by atoms with Crippen molar-refractivity contribution in [1.29, 1.82) is 0 Å². The summed E-state index contributed by atoms with van der Waals surface area (Å²) in [5.41, 5.74) is 1.20. The van der Waals surface area contributed by atoms with E-state index in [1.807, 2.05) is 18.2 Å². The van der Waals surface area contributed by atoms with E-state index in [1.54, 1.807) is 35.2 Å². The predicted octanol–water partition coefficient (Wildman–Crippen LogP) is 3.41. The summed E-state index contributed by atoms with van der Waals surface area (Å²) in [4.78, 5) is 42.7. The van der Waals surface area contributed by atoms with Crippen molar-refractivity contribution in [2.75, 3.05) is 29.9 Å². The Balaban J connectivity index is 1.56. The molecule has 1 saturated heterocycles. The van der Waals surface area contributed by atoms with Gasteiger partial charge >= 0.3 is 0 Å². The van der Waals surface area contributed by atoms with Crippen molar-refractivity contribution in [3.8, 4) is 0 Å². The fraction of sp³-hybridized carbons (Fsp3) is 0.286. The molecule has 0 aromatic heterocycles. The number of nitrogens with zero attached hydrogens (tertiary/aromatic N) is 2. The first-order chi connectivity index (χ1) is 14.0. The smallest absolute Gasteiger partial charge is 0.250 e. The van der Waals surface area contributed by atoms with Gasteiger partial charge in [-0.2, -0.15) is 0 Å². The van der Waals surface area contributed by atoms with Crippen LogP contribution in [0.15, 0.2) is 53.4 Å². The average molecular weight is 430 g/mol. The Labute approximate surface area is 178 Å². The van der Waals surface area contributed by atoms with E-state index in [0.717, 1.165) is 17.7 Å². The lowest BCUT2D eigenvalue weighted by molar-refractivity contribution is -0.134. The number of hydrogen-bond donors (Lipinski definition) is 1. The molecule has 2 aliphatic rings. The number of rotatable bonds is 4. The Morgan fingerprint density at radius 1 is 1.10 bits per heavy atom. The van der Waals surface area contributed by atoms with E-state index in [1.165, 1.54) is 16.7 Å². The molecule has 2 aromatic rings. The number of benzene rings is 2. The van der Waals surface area contributed by atoms with E-state index < -0.39 is 5.25 Å². The van der Waals surface area contributed by atoms with E-state index in [4.69, 9.17) is 11.6 Å². The Kier molecular flexibility index (Phi) is 5.78. The van der Waals surface area contributed by atoms with Crippen molar-refractivity contribution in [2.24, 2.45) is 0 Å². The maximum absolute atomic E-state index is 13.2. The van der Waals surface area contributed by atoms with Crippen molar-refractivity contribution in [3.05, 3.63) is 53.6 Å². The number of nitrogens with one attached hydrogen (secondary N) is 1. The molecule has 1 unspecified atom stereocenters. The molecule has 150 valence electrons. The molecular weight excluding hydrogens is 410 g/mol. The fourth-order valence-electron chi connectivity index (χ4n) is 3.55. The minimum absolute atomic E-state index is 0.174. The van der Waals surface area contributed by atoms with Gasteiger partial charge in [0.2, 0.25) is 11.8 Å². The van der Waals surface area contributed by atoms with Crippen molar-refractivity contribution in [3.63, 3.8) is 0 Å². The second-order valence-electron chi connectivity index (χ2n) is 6.98. The molecular formula is C21H20ClN3O3S. The molecule has 29 heavy (non-hydrogen) atoms. The number of likely N-dealkylation sites (tertiary alicyclic amines) is 1. The van der Waals surface area contributed by atoms with Gasteiger partial charge in [0.1, 0.15) is 6.54 Å². The number of carbonyl (C=O) groups excluding carboxylic acids is 3. The van der Waals surface area contributed by atoms with E-state index in [9.17, 15) is 14.4 Å². The van der Waals surface area contributed by atoms with Gasteiger partial charge < -0.3 is 15.1 Å². The molecule has 2 aromatic carbocycles. The van der Waals surface area contributed by atoms with E-state index in [-0.39, 0.29) is 24.3 Å². The minimum atomic E-state index is -0.859. The maximum Gasteiger partial charge on any atom is 0.250 e. The van der Waals surface area contributed by atoms with Gasteiger partial charge in [-0.15, -0.1) is 11.8 Å². The van der Waals surface area contributed by atoms with Crippen LogP contribution in [-0.2, 0) is 14.4 Å². The normalized spacial score (nSPS) is 18.5. The molecule has 1 fully saturated rings. The average Bonchev–Trinajstić information content (AvgIpc) is 3.24. The zero-order valence-corrected chi connectivity index (χ0v) is 17.2. The van der Waals surface area contributed by atoms with Crippen LogP contribution in [-0.4, -0.2) is 47.5 Å². The molecule has 0 aliphatic carbocycles. The highest BCUT2D eigenvalue weighted by molar-refractivity contribution is 8.01. The molecule has 0 bridgehead atoms. The number of carbonyl (C=O) groups is 3. The molecule has 0 spiro atoms. The first-order valence-electron chi connectivity index (χ1n) is 9.44. The van der Waals surface area contributed by atoms with Gasteiger partial charge in [0.05, 0.1) is 5.69 Å². The number of fused-ring (bicyclic) bond motifs is 1. The van der Waals surface area contributed by atoms with Gasteiger partial charge in [-0.3, -0.25) is 14.4 Å². The fourth-order valence-corrected chi connectivity index (χ4v) is 4.93. The maximum atomic E-state index is 13.2. The third-order valence-corrected chi connectivity index (χ3v) is 6.42. The first-order valence-corrected chi connectivity index (χ1v) is 10.7. The summed E-state index contributed by atoms with van der Waals surface area (Å²) < 4.78 is 0. The van der Waals surface area contributed by atoms with Gasteiger partial charge in [-0.1, -0.05) is 29.8 Å². The quantitative estimate of drug-likeness (QED) is 0.756.